The van der Waals surface area contributed by atoms with Crippen LogP contribution in [0.3, 0.4) is 0 Å². The Labute approximate surface area is 96.5 Å². The van der Waals surface area contributed by atoms with Crippen LogP contribution in [0.2, 0.25) is 0 Å². The van der Waals surface area contributed by atoms with E-state index in [2.05, 4.69) is 13.8 Å². The van der Waals surface area contributed by atoms with E-state index in [1.807, 2.05) is 0 Å². The van der Waals surface area contributed by atoms with Gasteiger partial charge in [-0.25, -0.2) is 0 Å². The average molecular weight is 231 g/mol. The molecule has 1 aliphatic rings. The van der Waals surface area contributed by atoms with Crippen LogP contribution in [0.5, 0.6) is 0 Å². The zero-order valence-corrected chi connectivity index (χ0v) is 10.9. The van der Waals surface area contributed by atoms with E-state index >= 15 is 0 Å². The van der Waals surface area contributed by atoms with Gasteiger partial charge < -0.3 is 5.73 Å². The van der Waals surface area contributed by atoms with E-state index in [1.54, 1.807) is 0 Å². The maximum atomic E-state index is 12.1. The molecular weight excluding hydrogens is 206 g/mol. The van der Waals surface area contributed by atoms with E-state index in [4.69, 9.17) is 5.73 Å². The second-order valence-electron chi connectivity index (χ2n) is 4.86. The van der Waals surface area contributed by atoms with Crippen LogP contribution in [0.15, 0.2) is 0 Å². The Morgan fingerprint density at radius 1 is 1.33 bits per heavy atom. The first-order chi connectivity index (χ1) is 7.15. The summed E-state index contributed by atoms with van der Waals surface area (Å²) in [5.74, 6) is 1.21. The second-order valence-corrected chi connectivity index (χ2v) is 6.62. The molecule has 3 heteroatoms. The van der Waals surface area contributed by atoms with Crippen molar-refractivity contribution in [1.82, 2.24) is 0 Å². The Bertz CT molecular complexity index is 202. The van der Waals surface area contributed by atoms with Crippen LogP contribution in [-0.4, -0.2) is 21.3 Å². The third kappa shape index (κ3) is 4.23. The lowest BCUT2D eigenvalue weighted by Gasteiger charge is -2.24. The monoisotopic (exact) mass is 231 g/mol. The van der Waals surface area contributed by atoms with Gasteiger partial charge in [0, 0.05) is 27.8 Å². The highest BCUT2D eigenvalue weighted by molar-refractivity contribution is 7.85. The molecule has 0 aromatic carbocycles. The lowest BCUT2D eigenvalue weighted by Crippen LogP contribution is -2.36. The third-order valence-electron chi connectivity index (χ3n) is 3.66. The molecule has 3 atom stereocenters. The lowest BCUT2D eigenvalue weighted by molar-refractivity contribution is 0.465. The molecule has 1 rings (SSSR count). The van der Waals surface area contributed by atoms with E-state index in [9.17, 15) is 4.21 Å². The first-order valence-corrected chi connectivity index (χ1v) is 7.66. The van der Waals surface area contributed by atoms with Crippen molar-refractivity contribution in [2.24, 2.45) is 11.7 Å². The SMILES string of the molecule is CCC(C)C(N)CS(=O)C1CCCCC1. The molecule has 2 nitrogen and oxygen atoms in total. The summed E-state index contributed by atoms with van der Waals surface area (Å²) < 4.78 is 12.1. The van der Waals surface area contributed by atoms with Crippen LogP contribution in [0.4, 0.5) is 0 Å². The number of nitrogens with two attached hydrogens (primary N) is 1. The fourth-order valence-corrected chi connectivity index (χ4v) is 3.96. The molecule has 0 aliphatic heterocycles. The summed E-state index contributed by atoms with van der Waals surface area (Å²) in [6, 6.07) is 0.123. The van der Waals surface area contributed by atoms with Crippen molar-refractivity contribution in [1.29, 1.82) is 0 Å². The Hall–Kier alpha value is 0.110. The molecule has 1 saturated carbocycles. The van der Waals surface area contributed by atoms with Crippen molar-refractivity contribution in [3.8, 4) is 0 Å². The van der Waals surface area contributed by atoms with Gasteiger partial charge in [0.15, 0.2) is 0 Å². The fraction of sp³-hybridized carbons (Fsp3) is 1.00. The number of hydrogen-bond acceptors (Lipinski definition) is 2. The molecule has 0 saturated heterocycles. The Morgan fingerprint density at radius 2 is 1.93 bits per heavy atom. The molecule has 0 aromatic rings. The van der Waals surface area contributed by atoms with Crippen LogP contribution in [0.1, 0.15) is 52.4 Å². The normalized spacial score (nSPS) is 24.7. The third-order valence-corrected chi connectivity index (χ3v) is 5.58. The fourth-order valence-electron chi connectivity index (χ4n) is 2.12. The molecule has 2 N–H and O–H groups in total. The van der Waals surface area contributed by atoms with Crippen molar-refractivity contribution in [3.05, 3.63) is 0 Å². The summed E-state index contributed by atoms with van der Waals surface area (Å²) in [4.78, 5) is 0. The maximum Gasteiger partial charge on any atom is 0.0392 e. The Balaban J connectivity index is 2.33. The highest BCUT2D eigenvalue weighted by atomic mass is 32.2. The topological polar surface area (TPSA) is 43.1 Å². The van der Waals surface area contributed by atoms with Crippen LogP contribution < -0.4 is 5.73 Å². The predicted octanol–water partition coefficient (Wildman–Crippen LogP) is 2.44. The molecule has 1 aliphatic carbocycles. The molecule has 0 radical (unpaired) electrons. The van der Waals surface area contributed by atoms with E-state index in [0.29, 0.717) is 16.9 Å². The summed E-state index contributed by atoms with van der Waals surface area (Å²) in [5.41, 5.74) is 6.04. The first-order valence-electron chi connectivity index (χ1n) is 6.28. The molecule has 0 amide bonds. The molecule has 0 bridgehead atoms. The predicted molar refractivity (Wildman–Crippen MR) is 67.3 cm³/mol. The maximum absolute atomic E-state index is 12.1. The summed E-state index contributed by atoms with van der Waals surface area (Å²) in [7, 11) is -0.684. The van der Waals surface area contributed by atoms with E-state index in [-0.39, 0.29) is 6.04 Å². The van der Waals surface area contributed by atoms with Crippen LogP contribution >= 0.6 is 0 Å². The minimum Gasteiger partial charge on any atom is -0.327 e. The molecule has 0 aromatic heterocycles. The van der Waals surface area contributed by atoms with E-state index in [0.717, 1.165) is 19.3 Å². The van der Waals surface area contributed by atoms with Gasteiger partial charge in [0.1, 0.15) is 0 Å². The lowest BCUT2D eigenvalue weighted by atomic mass is 10.0. The van der Waals surface area contributed by atoms with E-state index < -0.39 is 10.8 Å². The van der Waals surface area contributed by atoms with Crippen LogP contribution in [0.25, 0.3) is 0 Å². The van der Waals surface area contributed by atoms with Crippen molar-refractivity contribution in [2.75, 3.05) is 5.75 Å². The van der Waals surface area contributed by atoms with Gasteiger partial charge >= 0.3 is 0 Å². The Kier molecular flexibility index (Phi) is 5.83. The minimum atomic E-state index is -0.684. The smallest absolute Gasteiger partial charge is 0.0392 e. The van der Waals surface area contributed by atoms with Gasteiger partial charge in [0.05, 0.1) is 0 Å². The van der Waals surface area contributed by atoms with Crippen molar-refractivity contribution in [2.45, 2.75) is 63.7 Å². The first kappa shape index (κ1) is 13.2. The molecule has 0 heterocycles. The van der Waals surface area contributed by atoms with Crippen LogP contribution in [-0.2, 0) is 10.8 Å². The summed E-state index contributed by atoms with van der Waals surface area (Å²) in [6.45, 7) is 4.30. The summed E-state index contributed by atoms with van der Waals surface area (Å²) >= 11 is 0. The van der Waals surface area contributed by atoms with Gasteiger partial charge in [0.25, 0.3) is 0 Å². The van der Waals surface area contributed by atoms with Gasteiger partial charge in [0.2, 0.25) is 0 Å². The number of hydrogen-bond donors (Lipinski definition) is 1. The van der Waals surface area contributed by atoms with E-state index in [1.165, 1.54) is 19.3 Å². The van der Waals surface area contributed by atoms with Crippen molar-refractivity contribution >= 4 is 10.8 Å². The van der Waals surface area contributed by atoms with Gasteiger partial charge in [-0.15, -0.1) is 0 Å². The molecule has 3 unspecified atom stereocenters. The zero-order chi connectivity index (χ0) is 11.3. The van der Waals surface area contributed by atoms with Crippen LogP contribution in [0, 0.1) is 5.92 Å². The molecule has 90 valence electrons. The summed E-state index contributed by atoms with van der Waals surface area (Å²) in [5, 5.41) is 0.439. The number of rotatable bonds is 5. The highest BCUT2D eigenvalue weighted by Gasteiger charge is 2.22. The van der Waals surface area contributed by atoms with Gasteiger partial charge in [-0.2, -0.15) is 0 Å². The largest absolute Gasteiger partial charge is 0.327 e. The highest BCUT2D eigenvalue weighted by Crippen LogP contribution is 2.23. The van der Waals surface area contributed by atoms with Crippen molar-refractivity contribution in [3.63, 3.8) is 0 Å². The van der Waals surface area contributed by atoms with Gasteiger partial charge in [-0.1, -0.05) is 39.5 Å². The zero-order valence-electron chi connectivity index (χ0n) is 10.1. The minimum absolute atomic E-state index is 0.123. The molecule has 1 fully saturated rings. The molecule has 0 spiro atoms. The Morgan fingerprint density at radius 3 is 2.47 bits per heavy atom. The molecular formula is C12H25NOS. The van der Waals surface area contributed by atoms with Gasteiger partial charge in [-0.3, -0.25) is 4.21 Å². The standard InChI is InChI=1S/C12H25NOS/c1-3-10(2)12(13)9-15(14)11-7-5-4-6-8-11/h10-12H,3-9,13H2,1-2H3. The molecule has 15 heavy (non-hydrogen) atoms. The second kappa shape index (κ2) is 6.64. The average Bonchev–Trinajstić information content (AvgIpc) is 2.29. The van der Waals surface area contributed by atoms with Gasteiger partial charge in [-0.05, 0) is 18.8 Å². The summed E-state index contributed by atoms with van der Waals surface area (Å²) in [6.07, 6.45) is 7.23. The van der Waals surface area contributed by atoms with Crippen molar-refractivity contribution < 1.29 is 4.21 Å². The quantitative estimate of drug-likeness (QED) is 0.790.